The number of hydrogen-bond acceptors (Lipinski definition) is 12. The van der Waals surface area contributed by atoms with Crippen molar-refractivity contribution in [2.75, 3.05) is 38.7 Å². The molecule has 64 heavy (non-hydrogen) atoms. The van der Waals surface area contributed by atoms with E-state index in [4.69, 9.17) is 23.3 Å². The van der Waals surface area contributed by atoms with Crippen LogP contribution < -0.4 is 16.0 Å². The van der Waals surface area contributed by atoms with Crippen molar-refractivity contribution in [2.45, 2.75) is 217 Å². The summed E-state index contributed by atoms with van der Waals surface area (Å²) in [5.74, 6) is -0.638. The van der Waals surface area contributed by atoms with Gasteiger partial charge in [0.15, 0.2) is 6.10 Å². The maximum absolute atomic E-state index is 12.8. The lowest BCUT2D eigenvalue weighted by molar-refractivity contribution is -0.161. The Hall–Kier alpha value is -2.65. The van der Waals surface area contributed by atoms with Gasteiger partial charge in [0.05, 0.1) is 31.9 Å². The second-order valence-corrected chi connectivity index (χ2v) is 20.0. The van der Waals surface area contributed by atoms with Crippen molar-refractivity contribution in [3.05, 3.63) is 12.7 Å². The number of rotatable bonds is 43. The normalized spacial score (nSPS) is 18.0. The summed E-state index contributed by atoms with van der Waals surface area (Å²) in [5, 5.41) is 8.91. The predicted molar refractivity (Wildman–Crippen MR) is 252 cm³/mol. The zero-order valence-electron chi connectivity index (χ0n) is 39.1. The number of amides is 3. The number of carbonyl (C=O) groups excluding carboxylic acids is 5. The van der Waals surface area contributed by atoms with Crippen LogP contribution in [0.15, 0.2) is 12.7 Å². The summed E-state index contributed by atoms with van der Waals surface area (Å²) in [5.41, 5.74) is 0. The van der Waals surface area contributed by atoms with Crippen LogP contribution in [-0.4, -0.2) is 96.9 Å². The van der Waals surface area contributed by atoms with E-state index in [0.717, 1.165) is 95.6 Å². The maximum atomic E-state index is 12.8. The number of nitrogens with one attached hydrogen (secondary N) is 3. The van der Waals surface area contributed by atoms with Crippen LogP contribution in [0.3, 0.4) is 0 Å². The minimum atomic E-state index is -4.59. The molecule has 5 atom stereocenters. The first kappa shape index (κ1) is 57.5. The minimum absolute atomic E-state index is 0.00149. The Balaban J connectivity index is 1.64. The van der Waals surface area contributed by atoms with E-state index in [1.807, 2.05) is 11.8 Å². The highest BCUT2D eigenvalue weighted by Crippen LogP contribution is 2.43. The number of urea groups is 1. The van der Waals surface area contributed by atoms with E-state index in [2.05, 4.69) is 29.5 Å². The SMILES string of the molecule is C=CC(=O)OCCCCCCCCCCCCC(=O)OC(COC(=O)CCCCCCCCCCCCCCC)COP(=O)(O)OCCNC(=O)CCCCC1SCC2NC(=O)NC21. The molecule has 2 rings (SSSR count). The number of unbranched alkanes of at least 4 members (excludes halogenated alkanes) is 22. The minimum Gasteiger partial charge on any atom is -0.463 e. The van der Waals surface area contributed by atoms with Crippen LogP contribution in [0, 0.1) is 0 Å². The van der Waals surface area contributed by atoms with E-state index in [1.165, 1.54) is 63.9 Å². The monoisotopic (exact) mass is 946 g/mol. The van der Waals surface area contributed by atoms with Gasteiger partial charge in [-0.1, -0.05) is 148 Å². The molecule has 3 amide bonds. The summed E-state index contributed by atoms with van der Waals surface area (Å²) in [6.07, 6.45) is 28.6. The predicted octanol–water partition coefficient (Wildman–Crippen LogP) is 9.92. The third-order valence-electron chi connectivity index (χ3n) is 11.6. The van der Waals surface area contributed by atoms with Crippen molar-refractivity contribution in [3.63, 3.8) is 0 Å². The van der Waals surface area contributed by atoms with Gasteiger partial charge in [-0.3, -0.25) is 23.4 Å². The summed E-state index contributed by atoms with van der Waals surface area (Å²) in [7, 11) is -4.59. The molecule has 0 spiro atoms. The molecule has 2 saturated heterocycles. The van der Waals surface area contributed by atoms with Crippen LogP contribution in [0.2, 0.25) is 0 Å². The van der Waals surface area contributed by atoms with Crippen molar-refractivity contribution in [1.82, 2.24) is 16.0 Å². The molecule has 2 aliphatic rings. The fraction of sp³-hybridized carbons (Fsp3) is 0.851. The number of phosphoric acid groups is 1. The van der Waals surface area contributed by atoms with Gasteiger partial charge in [0, 0.05) is 42.9 Å². The van der Waals surface area contributed by atoms with Crippen molar-refractivity contribution in [2.24, 2.45) is 0 Å². The molecule has 15 nitrogen and oxygen atoms in total. The molecule has 0 aromatic rings. The summed E-state index contributed by atoms with van der Waals surface area (Å²) < 4.78 is 38.9. The largest absolute Gasteiger partial charge is 0.472 e. The standard InChI is InChI=1S/C47H84N3O12PS/c1-3-5-6-7-8-9-10-11-12-15-18-21-24-31-44(53)59-36-39(62-45(54)32-25-22-19-16-13-14-17-20-23-28-34-58-43(52)4-2)37-61-63(56,57)60-35-33-48-42(51)30-27-26-29-41-46-40(38-64-41)49-47(55)50-46/h4,39-41,46H,2-3,5-38H2,1H3,(H,48,51)(H,56,57)(H2,49,50,55). The molecule has 370 valence electrons. The third kappa shape index (κ3) is 30.5. The van der Waals surface area contributed by atoms with Crippen molar-refractivity contribution >= 4 is 49.4 Å². The quantitative estimate of drug-likeness (QED) is 0.0112. The Bertz CT molecular complexity index is 1360. The lowest BCUT2D eigenvalue weighted by Gasteiger charge is -2.20. The molecule has 2 heterocycles. The topological polar surface area (TPSA) is 205 Å². The number of thioether (sulfide) groups is 1. The number of esters is 3. The Kier molecular flexibility index (Phi) is 33.6. The molecule has 0 radical (unpaired) electrons. The van der Waals surface area contributed by atoms with Gasteiger partial charge >= 0.3 is 31.8 Å². The van der Waals surface area contributed by atoms with Gasteiger partial charge in [-0.25, -0.2) is 14.2 Å². The first-order valence-corrected chi connectivity index (χ1v) is 27.3. The molecule has 2 aliphatic heterocycles. The van der Waals surface area contributed by atoms with E-state index in [9.17, 15) is 33.4 Å². The highest BCUT2D eigenvalue weighted by molar-refractivity contribution is 8.00. The molecule has 4 N–H and O–H groups in total. The highest BCUT2D eigenvalue weighted by atomic mass is 32.2. The molecule has 5 unspecified atom stereocenters. The van der Waals surface area contributed by atoms with Gasteiger partial charge in [-0.15, -0.1) is 0 Å². The molecular formula is C47H84N3O12PS. The summed E-state index contributed by atoms with van der Waals surface area (Å²) in [6.45, 7) is 4.94. The first-order valence-electron chi connectivity index (χ1n) is 24.7. The molecule has 0 aliphatic carbocycles. The molecule has 0 bridgehead atoms. The molecule has 2 fully saturated rings. The van der Waals surface area contributed by atoms with E-state index < -0.39 is 32.5 Å². The Morgan fingerprint density at radius 3 is 1.86 bits per heavy atom. The van der Waals surface area contributed by atoms with Crippen molar-refractivity contribution < 1.29 is 56.7 Å². The van der Waals surface area contributed by atoms with Gasteiger partial charge in [-0.05, 0) is 32.1 Å². The van der Waals surface area contributed by atoms with Gasteiger partial charge in [0.2, 0.25) is 5.91 Å². The summed E-state index contributed by atoms with van der Waals surface area (Å²) >= 11 is 1.83. The van der Waals surface area contributed by atoms with E-state index >= 15 is 0 Å². The third-order valence-corrected chi connectivity index (χ3v) is 14.1. The molecule has 0 aromatic carbocycles. The fourth-order valence-electron chi connectivity index (χ4n) is 7.85. The second-order valence-electron chi connectivity index (χ2n) is 17.3. The summed E-state index contributed by atoms with van der Waals surface area (Å²) in [4.78, 5) is 70.7. The molecule has 0 aromatic heterocycles. The average Bonchev–Trinajstić information content (AvgIpc) is 3.84. The Morgan fingerprint density at radius 2 is 1.27 bits per heavy atom. The first-order chi connectivity index (χ1) is 31.0. The van der Waals surface area contributed by atoms with Crippen molar-refractivity contribution in [1.29, 1.82) is 0 Å². The maximum Gasteiger partial charge on any atom is 0.472 e. The van der Waals surface area contributed by atoms with E-state index in [0.29, 0.717) is 37.5 Å². The number of phosphoric ester groups is 1. The zero-order chi connectivity index (χ0) is 46.5. The molecule has 0 saturated carbocycles. The van der Waals surface area contributed by atoms with Gasteiger partial charge in [0.1, 0.15) is 6.61 Å². The van der Waals surface area contributed by atoms with Gasteiger partial charge < -0.3 is 35.1 Å². The second kappa shape index (κ2) is 37.4. The fourth-order valence-corrected chi connectivity index (χ4v) is 10.1. The van der Waals surface area contributed by atoms with Crippen LogP contribution in [0.4, 0.5) is 4.79 Å². The van der Waals surface area contributed by atoms with E-state index in [-0.39, 0.29) is 62.6 Å². The van der Waals surface area contributed by atoms with Crippen molar-refractivity contribution in [3.8, 4) is 0 Å². The Morgan fingerprint density at radius 1 is 0.719 bits per heavy atom. The van der Waals surface area contributed by atoms with Crippen LogP contribution in [-0.2, 0) is 47.0 Å². The Labute approximate surface area is 388 Å². The number of hydrogen-bond donors (Lipinski definition) is 4. The lowest BCUT2D eigenvalue weighted by atomic mass is 10.0. The number of ether oxygens (including phenoxy) is 3. The smallest absolute Gasteiger partial charge is 0.463 e. The molecular weight excluding hydrogens is 862 g/mol. The van der Waals surface area contributed by atoms with Gasteiger partial charge in [0.25, 0.3) is 0 Å². The van der Waals surface area contributed by atoms with Crippen LogP contribution >= 0.6 is 19.6 Å². The number of carbonyl (C=O) groups is 5. The van der Waals surface area contributed by atoms with Crippen LogP contribution in [0.25, 0.3) is 0 Å². The zero-order valence-corrected chi connectivity index (χ0v) is 40.8. The van der Waals surface area contributed by atoms with Crippen LogP contribution in [0.5, 0.6) is 0 Å². The van der Waals surface area contributed by atoms with E-state index in [1.54, 1.807) is 0 Å². The average molecular weight is 946 g/mol. The lowest BCUT2D eigenvalue weighted by Crippen LogP contribution is -2.36. The van der Waals surface area contributed by atoms with Gasteiger partial charge in [-0.2, -0.15) is 11.8 Å². The number of fused-ring (bicyclic) bond motifs is 1. The van der Waals surface area contributed by atoms with Crippen LogP contribution in [0.1, 0.15) is 193 Å². The highest BCUT2D eigenvalue weighted by Gasteiger charge is 2.42. The summed E-state index contributed by atoms with van der Waals surface area (Å²) in [6, 6.07) is 0.175. The molecule has 17 heteroatoms.